The van der Waals surface area contributed by atoms with Gasteiger partial charge in [-0.3, -0.25) is 0 Å². The molecule has 1 saturated heterocycles. The topological polar surface area (TPSA) is 63.4 Å². The Hall–Kier alpha value is -0.980. The monoisotopic (exact) mass is 300 g/mol. The third kappa shape index (κ3) is 2.73. The molecule has 1 aromatic rings. The molecule has 0 saturated carbocycles. The van der Waals surface area contributed by atoms with Crippen molar-refractivity contribution in [3.8, 4) is 0 Å². The predicted octanol–water partition coefficient (Wildman–Crippen LogP) is 1.94. The van der Waals surface area contributed by atoms with Gasteiger partial charge < -0.3 is 5.73 Å². The maximum atomic E-state index is 13.3. The van der Waals surface area contributed by atoms with Crippen LogP contribution in [-0.4, -0.2) is 31.4 Å². The minimum Gasteiger partial charge on any atom is -0.328 e. The van der Waals surface area contributed by atoms with E-state index in [1.165, 1.54) is 16.4 Å². The largest absolute Gasteiger partial charge is 0.328 e. The summed E-state index contributed by atoms with van der Waals surface area (Å²) in [4.78, 5) is 0.223. The molecule has 0 bridgehead atoms. The first kappa shape index (κ1) is 15.4. The van der Waals surface area contributed by atoms with Crippen molar-refractivity contribution in [1.82, 2.24) is 4.31 Å². The molecule has 1 fully saturated rings. The molecule has 0 spiro atoms. The fourth-order valence-corrected chi connectivity index (χ4v) is 5.04. The highest BCUT2D eigenvalue weighted by molar-refractivity contribution is 7.89. The molecule has 0 aliphatic carbocycles. The molecule has 0 radical (unpaired) electrons. The Morgan fingerprint density at radius 3 is 2.35 bits per heavy atom. The number of aryl methyl sites for hydroxylation is 2. The predicted molar refractivity (Wildman–Crippen MR) is 76.4 cm³/mol. The summed E-state index contributed by atoms with van der Waals surface area (Å²) in [6, 6.07) is 2.44. The fraction of sp³-hybridized carbons (Fsp3) is 0.571. The van der Waals surface area contributed by atoms with Gasteiger partial charge in [-0.25, -0.2) is 12.8 Å². The summed E-state index contributed by atoms with van der Waals surface area (Å²) >= 11 is 0. The number of halogens is 1. The highest BCUT2D eigenvalue weighted by atomic mass is 32.2. The third-order valence-corrected chi connectivity index (χ3v) is 6.17. The van der Waals surface area contributed by atoms with Crippen LogP contribution in [-0.2, 0) is 10.0 Å². The van der Waals surface area contributed by atoms with Gasteiger partial charge >= 0.3 is 0 Å². The van der Waals surface area contributed by atoms with Crippen molar-refractivity contribution in [2.75, 3.05) is 6.54 Å². The van der Waals surface area contributed by atoms with Crippen LogP contribution in [0.2, 0.25) is 0 Å². The van der Waals surface area contributed by atoms with Gasteiger partial charge in [-0.05, 0) is 56.9 Å². The zero-order chi connectivity index (χ0) is 15.1. The van der Waals surface area contributed by atoms with Crippen molar-refractivity contribution in [2.24, 2.45) is 5.73 Å². The molecule has 0 aromatic heterocycles. The fourth-order valence-electron chi connectivity index (χ4n) is 2.97. The molecule has 0 amide bonds. The molecule has 4 nitrogen and oxygen atoms in total. The number of rotatable bonds is 2. The van der Waals surface area contributed by atoms with E-state index in [0.717, 1.165) is 0 Å². The summed E-state index contributed by atoms with van der Waals surface area (Å²) < 4.78 is 40.5. The lowest BCUT2D eigenvalue weighted by Crippen LogP contribution is -2.48. The number of nitrogens with two attached hydrogens (primary N) is 1. The van der Waals surface area contributed by atoms with Crippen LogP contribution in [0.4, 0.5) is 4.39 Å². The van der Waals surface area contributed by atoms with Crippen molar-refractivity contribution >= 4 is 10.0 Å². The molecule has 2 unspecified atom stereocenters. The minimum absolute atomic E-state index is 0.0480. The van der Waals surface area contributed by atoms with Crippen LogP contribution in [0.25, 0.3) is 0 Å². The van der Waals surface area contributed by atoms with Gasteiger partial charge in [0.2, 0.25) is 10.0 Å². The van der Waals surface area contributed by atoms with Gasteiger partial charge in [0.15, 0.2) is 0 Å². The molecule has 1 aliphatic rings. The number of piperidine rings is 1. The molecule has 1 aliphatic heterocycles. The lowest BCUT2D eigenvalue weighted by Gasteiger charge is -2.35. The van der Waals surface area contributed by atoms with Gasteiger partial charge in [-0.1, -0.05) is 0 Å². The SMILES string of the molecule is Cc1cc(F)cc(C)c1S(=O)(=O)N1CCC(N)CC1C. The molecular weight excluding hydrogens is 279 g/mol. The van der Waals surface area contributed by atoms with Crippen molar-refractivity contribution in [1.29, 1.82) is 0 Å². The van der Waals surface area contributed by atoms with E-state index in [9.17, 15) is 12.8 Å². The van der Waals surface area contributed by atoms with Crippen molar-refractivity contribution in [3.63, 3.8) is 0 Å². The second-order valence-corrected chi connectivity index (χ2v) is 7.45. The normalized spacial score (nSPS) is 24.9. The molecule has 6 heteroatoms. The van der Waals surface area contributed by atoms with Crippen LogP contribution in [0.5, 0.6) is 0 Å². The summed E-state index contributed by atoms with van der Waals surface area (Å²) in [5, 5.41) is 0. The number of hydrogen-bond acceptors (Lipinski definition) is 3. The molecular formula is C14H21FN2O2S. The van der Waals surface area contributed by atoms with Crippen LogP contribution < -0.4 is 5.73 Å². The van der Waals surface area contributed by atoms with Crippen LogP contribution in [0.1, 0.15) is 30.9 Å². The van der Waals surface area contributed by atoms with Crippen molar-refractivity contribution < 1.29 is 12.8 Å². The van der Waals surface area contributed by atoms with Gasteiger partial charge in [0.1, 0.15) is 5.82 Å². The molecule has 1 aromatic carbocycles. The summed E-state index contributed by atoms with van der Waals surface area (Å²) in [6.45, 7) is 5.54. The smallest absolute Gasteiger partial charge is 0.243 e. The van der Waals surface area contributed by atoms with Crippen LogP contribution in [0.15, 0.2) is 17.0 Å². The summed E-state index contributed by atoms with van der Waals surface area (Å²) in [5.74, 6) is -0.410. The van der Waals surface area contributed by atoms with E-state index in [0.29, 0.717) is 30.5 Å². The average molecular weight is 300 g/mol. The Balaban J connectivity index is 2.46. The third-order valence-electron chi connectivity index (χ3n) is 3.85. The first-order valence-corrected chi connectivity index (χ1v) is 8.21. The van der Waals surface area contributed by atoms with Crippen LogP contribution in [0.3, 0.4) is 0 Å². The number of sulfonamides is 1. The van der Waals surface area contributed by atoms with Crippen LogP contribution in [0, 0.1) is 19.7 Å². The van der Waals surface area contributed by atoms with Gasteiger partial charge in [0.25, 0.3) is 0 Å². The highest BCUT2D eigenvalue weighted by Gasteiger charge is 2.35. The zero-order valence-electron chi connectivity index (χ0n) is 12.1. The van der Waals surface area contributed by atoms with Gasteiger partial charge in [0.05, 0.1) is 4.90 Å². The molecule has 20 heavy (non-hydrogen) atoms. The number of hydrogen-bond donors (Lipinski definition) is 1. The Bertz CT molecular complexity index is 593. The Morgan fingerprint density at radius 2 is 1.85 bits per heavy atom. The maximum Gasteiger partial charge on any atom is 0.243 e. The first-order valence-electron chi connectivity index (χ1n) is 6.77. The summed E-state index contributed by atoms with van der Waals surface area (Å²) in [7, 11) is -3.60. The van der Waals surface area contributed by atoms with Gasteiger partial charge in [0, 0.05) is 18.6 Å². The van der Waals surface area contributed by atoms with Crippen molar-refractivity contribution in [3.05, 3.63) is 29.1 Å². The lowest BCUT2D eigenvalue weighted by atomic mass is 10.0. The van der Waals surface area contributed by atoms with E-state index in [-0.39, 0.29) is 17.0 Å². The van der Waals surface area contributed by atoms with Gasteiger partial charge in [-0.2, -0.15) is 4.31 Å². The molecule has 2 atom stereocenters. The summed E-state index contributed by atoms with van der Waals surface area (Å²) in [6.07, 6.45) is 1.31. The van der Waals surface area contributed by atoms with E-state index in [1.54, 1.807) is 13.8 Å². The number of benzene rings is 1. The molecule has 1 heterocycles. The van der Waals surface area contributed by atoms with E-state index in [4.69, 9.17) is 5.73 Å². The Morgan fingerprint density at radius 1 is 1.30 bits per heavy atom. The molecule has 2 rings (SSSR count). The van der Waals surface area contributed by atoms with E-state index < -0.39 is 15.8 Å². The second kappa shape index (κ2) is 5.42. The average Bonchev–Trinajstić information content (AvgIpc) is 2.25. The second-order valence-electron chi connectivity index (χ2n) is 5.62. The van der Waals surface area contributed by atoms with Crippen molar-refractivity contribution in [2.45, 2.75) is 50.6 Å². The first-order chi connectivity index (χ1) is 9.23. The molecule has 2 N–H and O–H groups in total. The standard InChI is InChI=1S/C14H21FN2O2S/c1-9-6-12(15)7-10(2)14(9)20(18,19)17-5-4-13(16)8-11(17)3/h6-7,11,13H,4-5,8,16H2,1-3H3. The minimum atomic E-state index is -3.60. The quantitative estimate of drug-likeness (QED) is 0.908. The van der Waals surface area contributed by atoms with E-state index in [1.807, 2.05) is 6.92 Å². The molecule has 112 valence electrons. The zero-order valence-corrected chi connectivity index (χ0v) is 12.9. The Labute approximate surface area is 119 Å². The van der Waals surface area contributed by atoms with E-state index in [2.05, 4.69) is 0 Å². The Kier molecular flexibility index (Phi) is 4.18. The number of nitrogens with zero attached hydrogens (tertiary/aromatic N) is 1. The maximum absolute atomic E-state index is 13.3. The van der Waals surface area contributed by atoms with Crippen LogP contribution >= 0.6 is 0 Å². The van der Waals surface area contributed by atoms with E-state index >= 15 is 0 Å². The van der Waals surface area contributed by atoms with Gasteiger partial charge in [-0.15, -0.1) is 0 Å². The highest BCUT2D eigenvalue weighted by Crippen LogP contribution is 2.29. The summed E-state index contributed by atoms with van der Waals surface area (Å²) in [5.41, 5.74) is 6.78. The lowest BCUT2D eigenvalue weighted by molar-refractivity contribution is 0.247.